The molecule has 8 nitrogen and oxygen atoms in total. The van der Waals surface area contributed by atoms with Gasteiger partial charge in [-0.05, 0) is 0 Å². The van der Waals surface area contributed by atoms with Crippen molar-refractivity contribution < 1.29 is 14.3 Å². The summed E-state index contributed by atoms with van der Waals surface area (Å²) >= 11 is 0. The monoisotopic (exact) mass is 281 g/mol. The van der Waals surface area contributed by atoms with Crippen molar-refractivity contribution in [2.24, 2.45) is 7.05 Å². The van der Waals surface area contributed by atoms with E-state index in [4.69, 9.17) is 5.73 Å². The average Bonchev–Trinajstić information content (AvgIpc) is 2.78. The number of nitrogens with zero attached hydrogens (tertiary/aromatic N) is 4. The van der Waals surface area contributed by atoms with Crippen LogP contribution in [-0.4, -0.2) is 71.3 Å². The smallest absolute Gasteiger partial charge is 0.319 e. The molecule has 2 N–H and O–H groups in total. The zero-order valence-electron chi connectivity index (χ0n) is 11.7. The van der Waals surface area contributed by atoms with Gasteiger partial charge in [-0.15, -0.1) is 0 Å². The molecule has 0 unspecified atom stereocenters. The third-order valence-electron chi connectivity index (χ3n) is 3.41. The SMILES string of the molecule is COC(=O)CN1CCN(C(=O)c2c(N)cnn2C)CC1. The first-order valence-corrected chi connectivity index (χ1v) is 6.39. The summed E-state index contributed by atoms with van der Waals surface area (Å²) in [6, 6.07) is 0. The molecule has 0 spiro atoms. The zero-order valence-corrected chi connectivity index (χ0v) is 11.7. The lowest BCUT2D eigenvalue weighted by Crippen LogP contribution is -2.50. The third-order valence-corrected chi connectivity index (χ3v) is 3.41. The molecule has 0 bridgehead atoms. The van der Waals surface area contributed by atoms with Crippen LogP contribution in [0.1, 0.15) is 10.5 Å². The fraction of sp³-hybridized carbons (Fsp3) is 0.583. The van der Waals surface area contributed by atoms with Gasteiger partial charge in [0.2, 0.25) is 0 Å². The normalized spacial score (nSPS) is 16.2. The number of hydrogen-bond acceptors (Lipinski definition) is 6. The van der Waals surface area contributed by atoms with Gasteiger partial charge < -0.3 is 15.4 Å². The molecule has 8 heteroatoms. The summed E-state index contributed by atoms with van der Waals surface area (Å²) in [6.07, 6.45) is 1.47. The van der Waals surface area contributed by atoms with Gasteiger partial charge >= 0.3 is 5.97 Å². The standard InChI is InChI=1S/C12H19N5O3/c1-15-11(9(13)7-14-15)12(19)17-5-3-16(4-6-17)8-10(18)20-2/h7H,3-6,8,13H2,1-2H3. The number of carbonyl (C=O) groups excluding carboxylic acids is 2. The predicted octanol–water partition coefficient (Wildman–Crippen LogP) is -1.07. The number of nitrogen functional groups attached to an aromatic ring is 1. The molecule has 1 aromatic heterocycles. The van der Waals surface area contributed by atoms with Crippen LogP contribution in [0.15, 0.2) is 6.20 Å². The molecule has 20 heavy (non-hydrogen) atoms. The van der Waals surface area contributed by atoms with Crippen LogP contribution in [-0.2, 0) is 16.6 Å². The molecule has 1 aliphatic heterocycles. The Labute approximate surface area is 117 Å². The fourth-order valence-electron chi connectivity index (χ4n) is 2.22. The number of hydrogen-bond donors (Lipinski definition) is 1. The minimum Gasteiger partial charge on any atom is -0.468 e. The van der Waals surface area contributed by atoms with Crippen LogP contribution in [0.4, 0.5) is 5.69 Å². The molecule has 0 saturated carbocycles. The highest BCUT2D eigenvalue weighted by Gasteiger charge is 2.26. The van der Waals surface area contributed by atoms with Gasteiger partial charge in [-0.2, -0.15) is 5.10 Å². The maximum atomic E-state index is 12.4. The van der Waals surface area contributed by atoms with Crippen molar-refractivity contribution in [1.29, 1.82) is 0 Å². The molecule has 0 aromatic carbocycles. The van der Waals surface area contributed by atoms with Gasteiger partial charge in [-0.25, -0.2) is 0 Å². The number of methoxy groups -OCH3 is 1. The Hall–Kier alpha value is -2.09. The van der Waals surface area contributed by atoms with Crippen LogP contribution >= 0.6 is 0 Å². The first-order valence-electron chi connectivity index (χ1n) is 6.39. The number of amides is 1. The van der Waals surface area contributed by atoms with Crippen molar-refractivity contribution in [3.63, 3.8) is 0 Å². The van der Waals surface area contributed by atoms with Gasteiger partial charge in [0.15, 0.2) is 0 Å². The second-order valence-corrected chi connectivity index (χ2v) is 4.72. The van der Waals surface area contributed by atoms with Crippen LogP contribution in [0.2, 0.25) is 0 Å². The van der Waals surface area contributed by atoms with Gasteiger partial charge in [-0.3, -0.25) is 19.2 Å². The highest BCUT2D eigenvalue weighted by molar-refractivity contribution is 5.97. The number of esters is 1. The van der Waals surface area contributed by atoms with Crippen molar-refractivity contribution in [3.8, 4) is 0 Å². The summed E-state index contributed by atoms with van der Waals surface area (Å²) in [6.45, 7) is 2.64. The Morgan fingerprint density at radius 3 is 2.50 bits per heavy atom. The van der Waals surface area contributed by atoms with Crippen molar-refractivity contribution in [3.05, 3.63) is 11.9 Å². The fourth-order valence-corrected chi connectivity index (χ4v) is 2.22. The minimum atomic E-state index is -0.263. The molecule has 1 aromatic rings. The summed E-state index contributed by atoms with van der Waals surface area (Å²) in [7, 11) is 3.06. The Kier molecular flexibility index (Phi) is 4.23. The minimum absolute atomic E-state index is 0.125. The van der Waals surface area contributed by atoms with E-state index in [1.807, 2.05) is 4.90 Å². The second-order valence-electron chi connectivity index (χ2n) is 4.72. The predicted molar refractivity (Wildman–Crippen MR) is 72.0 cm³/mol. The number of ether oxygens (including phenoxy) is 1. The number of rotatable bonds is 3. The Morgan fingerprint density at radius 2 is 2.00 bits per heavy atom. The first kappa shape index (κ1) is 14.3. The van der Waals surface area contributed by atoms with Gasteiger partial charge in [-0.1, -0.05) is 0 Å². The van der Waals surface area contributed by atoms with E-state index >= 15 is 0 Å². The number of carbonyl (C=O) groups is 2. The van der Waals surface area contributed by atoms with Gasteiger partial charge in [0, 0.05) is 33.2 Å². The van der Waals surface area contributed by atoms with E-state index in [2.05, 4.69) is 9.84 Å². The highest BCUT2D eigenvalue weighted by Crippen LogP contribution is 2.14. The lowest BCUT2D eigenvalue weighted by Gasteiger charge is -2.34. The maximum Gasteiger partial charge on any atom is 0.319 e. The molecular formula is C12H19N5O3. The van der Waals surface area contributed by atoms with Gasteiger partial charge in [0.05, 0.1) is 25.5 Å². The summed E-state index contributed by atoms with van der Waals surface area (Å²) in [4.78, 5) is 27.2. The Bertz CT molecular complexity index is 486. The number of aromatic nitrogens is 2. The third kappa shape index (κ3) is 2.90. The lowest BCUT2D eigenvalue weighted by molar-refractivity contribution is -0.142. The van der Waals surface area contributed by atoms with Crippen LogP contribution in [0.5, 0.6) is 0 Å². The van der Waals surface area contributed by atoms with E-state index < -0.39 is 0 Å². The van der Waals surface area contributed by atoms with Gasteiger partial charge in [0.25, 0.3) is 5.91 Å². The number of piperazine rings is 1. The van der Waals surface area contributed by atoms with E-state index in [9.17, 15) is 9.59 Å². The Morgan fingerprint density at radius 1 is 1.35 bits per heavy atom. The first-order chi connectivity index (χ1) is 9.52. The van der Waals surface area contributed by atoms with Crippen LogP contribution in [0, 0.1) is 0 Å². The highest BCUT2D eigenvalue weighted by atomic mass is 16.5. The molecule has 1 fully saturated rings. The van der Waals surface area contributed by atoms with Crippen molar-refractivity contribution >= 4 is 17.6 Å². The largest absolute Gasteiger partial charge is 0.468 e. The van der Waals surface area contributed by atoms with Crippen molar-refractivity contribution in [2.45, 2.75) is 0 Å². The average molecular weight is 281 g/mol. The molecule has 0 atom stereocenters. The second kappa shape index (κ2) is 5.91. The maximum absolute atomic E-state index is 12.4. The summed E-state index contributed by atoms with van der Waals surface area (Å²) < 4.78 is 6.11. The number of aryl methyl sites for hydroxylation is 1. The molecule has 1 aliphatic rings. The van der Waals surface area contributed by atoms with Crippen LogP contribution in [0.25, 0.3) is 0 Å². The molecule has 0 radical (unpaired) electrons. The van der Waals surface area contributed by atoms with Gasteiger partial charge in [0.1, 0.15) is 5.69 Å². The molecule has 1 saturated heterocycles. The topological polar surface area (TPSA) is 93.7 Å². The Balaban J connectivity index is 1.94. The molecule has 2 heterocycles. The van der Waals surface area contributed by atoms with E-state index in [1.54, 1.807) is 11.9 Å². The summed E-state index contributed by atoms with van der Waals surface area (Å²) in [5.74, 6) is -0.388. The number of anilines is 1. The van der Waals surface area contributed by atoms with Crippen LogP contribution in [0.3, 0.4) is 0 Å². The van der Waals surface area contributed by atoms with E-state index in [-0.39, 0.29) is 18.4 Å². The van der Waals surface area contributed by atoms with E-state index in [0.29, 0.717) is 37.6 Å². The van der Waals surface area contributed by atoms with Crippen molar-refractivity contribution in [1.82, 2.24) is 19.6 Å². The molecule has 1 amide bonds. The number of nitrogens with two attached hydrogens (primary N) is 1. The molecular weight excluding hydrogens is 262 g/mol. The quantitative estimate of drug-likeness (QED) is 0.709. The zero-order chi connectivity index (χ0) is 14.7. The van der Waals surface area contributed by atoms with E-state index in [0.717, 1.165) is 0 Å². The van der Waals surface area contributed by atoms with Crippen molar-refractivity contribution in [2.75, 3.05) is 45.6 Å². The molecule has 110 valence electrons. The summed E-state index contributed by atoms with van der Waals surface area (Å²) in [5, 5.41) is 3.97. The molecule has 0 aliphatic carbocycles. The van der Waals surface area contributed by atoms with E-state index in [1.165, 1.54) is 18.0 Å². The van der Waals surface area contributed by atoms with Crippen LogP contribution < -0.4 is 5.73 Å². The summed E-state index contributed by atoms with van der Waals surface area (Å²) in [5.41, 5.74) is 6.55. The lowest BCUT2D eigenvalue weighted by atomic mass is 10.2. The molecule has 2 rings (SSSR count).